The largest absolute Gasteiger partial charge is 0.484 e. The monoisotopic (exact) mass is 268 g/mol. The Bertz CT molecular complexity index is 535. The predicted octanol–water partition coefficient (Wildman–Crippen LogP) is 2.36. The quantitative estimate of drug-likeness (QED) is 0.865. The summed E-state index contributed by atoms with van der Waals surface area (Å²) in [5.74, 6) is 0.315. The molecule has 2 heterocycles. The number of carboxylic acid groups (broad SMARTS) is 1. The molecule has 2 aromatic rings. The van der Waals surface area contributed by atoms with E-state index in [4.69, 9.17) is 14.4 Å². The summed E-state index contributed by atoms with van der Waals surface area (Å²) < 4.78 is 10.4. The van der Waals surface area contributed by atoms with Crippen molar-refractivity contribution in [3.05, 3.63) is 28.0 Å². The zero-order valence-electron chi connectivity index (χ0n) is 9.75. The summed E-state index contributed by atoms with van der Waals surface area (Å²) in [5, 5.41) is 14.3. The van der Waals surface area contributed by atoms with Gasteiger partial charge in [0.1, 0.15) is 5.75 Å². The van der Waals surface area contributed by atoms with Crippen LogP contribution in [0.5, 0.6) is 5.75 Å². The van der Waals surface area contributed by atoms with Crippen LogP contribution in [0, 0.1) is 0 Å². The highest BCUT2D eigenvalue weighted by Gasteiger charge is 2.14. The standard InChI is InChI=1S/C11H12N2O4S/c1-2-3-9-12-8(13-17-9)6-16-7-4-5-18-10(7)11(14)15/h4-5H,2-3,6H2,1H3,(H,14,15). The fourth-order valence-corrected chi connectivity index (χ4v) is 2.05. The molecule has 18 heavy (non-hydrogen) atoms. The van der Waals surface area contributed by atoms with E-state index in [1.165, 1.54) is 0 Å². The van der Waals surface area contributed by atoms with Gasteiger partial charge >= 0.3 is 5.97 Å². The third-order valence-corrected chi connectivity index (χ3v) is 3.04. The fourth-order valence-electron chi connectivity index (χ4n) is 1.37. The Kier molecular flexibility index (Phi) is 3.93. The van der Waals surface area contributed by atoms with Crippen molar-refractivity contribution in [3.63, 3.8) is 0 Å². The van der Waals surface area contributed by atoms with Gasteiger partial charge in [-0.25, -0.2) is 4.79 Å². The van der Waals surface area contributed by atoms with Gasteiger partial charge in [0.05, 0.1) is 0 Å². The first-order chi connectivity index (χ1) is 8.70. The maximum atomic E-state index is 10.9. The minimum atomic E-state index is -1.00. The summed E-state index contributed by atoms with van der Waals surface area (Å²) in [7, 11) is 0. The van der Waals surface area contributed by atoms with E-state index >= 15 is 0 Å². The van der Waals surface area contributed by atoms with Gasteiger partial charge in [-0.1, -0.05) is 12.1 Å². The van der Waals surface area contributed by atoms with Crippen LogP contribution >= 0.6 is 11.3 Å². The third-order valence-electron chi connectivity index (χ3n) is 2.15. The molecule has 2 rings (SSSR count). The second kappa shape index (κ2) is 5.63. The first-order valence-electron chi connectivity index (χ1n) is 5.45. The summed E-state index contributed by atoms with van der Waals surface area (Å²) in [5.41, 5.74) is 0. The SMILES string of the molecule is CCCc1nc(COc2ccsc2C(=O)O)no1. The van der Waals surface area contributed by atoms with Crippen molar-refractivity contribution in [2.45, 2.75) is 26.4 Å². The van der Waals surface area contributed by atoms with Gasteiger partial charge in [0, 0.05) is 6.42 Å². The van der Waals surface area contributed by atoms with Crippen molar-refractivity contribution in [3.8, 4) is 5.75 Å². The van der Waals surface area contributed by atoms with E-state index in [0.717, 1.165) is 24.2 Å². The minimum absolute atomic E-state index is 0.101. The topological polar surface area (TPSA) is 85.5 Å². The van der Waals surface area contributed by atoms with E-state index in [2.05, 4.69) is 10.1 Å². The average molecular weight is 268 g/mol. The number of aromatic nitrogens is 2. The van der Waals surface area contributed by atoms with Gasteiger partial charge < -0.3 is 14.4 Å². The summed E-state index contributed by atoms with van der Waals surface area (Å²) >= 11 is 1.12. The molecular weight excluding hydrogens is 256 g/mol. The molecule has 1 N–H and O–H groups in total. The number of aryl methyl sites for hydroxylation is 1. The Morgan fingerprint density at radius 1 is 1.61 bits per heavy atom. The number of thiophene rings is 1. The number of rotatable bonds is 6. The highest BCUT2D eigenvalue weighted by atomic mass is 32.1. The molecule has 0 aromatic carbocycles. The molecular formula is C11H12N2O4S. The zero-order valence-corrected chi connectivity index (χ0v) is 10.6. The second-order valence-corrected chi connectivity index (χ2v) is 4.48. The van der Waals surface area contributed by atoms with Crippen LogP contribution in [0.3, 0.4) is 0 Å². The van der Waals surface area contributed by atoms with E-state index in [-0.39, 0.29) is 11.5 Å². The summed E-state index contributed by atoms with van der Waals surface area (Å²) in [6.07, 6.45) is 1.65. The van der Waals surface area contributed by atoms with Crippen LogP contribution in [0.15, 0.2) is 16.0 Å². The Hall–Kier alpha value is -1.89. The van der Waals surface area contributed by atoms with E-state index in [1.807, 2.05) is 6.92 Å². The van der Waals surface area contributed by atoms with E-state index in [0.29, 0.717) is 17.5 Å². The highest BCUT2D eigenvalue weighted by molar-refractivity contribution is 7.12. The Labute approximate surface area is 107 Å². The van der Waals surface area contributed by atoms with Gasteiger partial charge in [0.25, 0.3) is 0 Å². The zero-order chi connectivity index (χ0) is 13.0. The van der Waals surface area contributed by atoms with Crippen molar-refractivity contribution < 1.29 is 19.2 Å². The molecule has 0 aliphatic rings. The third kappa shape index (κ3) is 2.86. The molecule has 0 aliphatic heterocycles. The molecule has 0 unspecified atom stereocenters. The average Bonchev–Trinajstić information content (AvgIpc) is 2.95. The molecule has 0 amide bonds. The van der Waals surface area contributed by atoms with E-state index in [9.17, 15) is 4.79 Å². The molecule has 0 atom stereocenters. The molecule has 0 radical (unpaired) electrons. The molecule has 7 heteroatoms. The molecule has 0 spiro atoms. The predicted molar refractivity (Wildman–Crippen MR) is 63.9 cm³/mol. The fraction of sp³-hybridized carbons (Fsp3) is 0.364. The Morgan fingerprint density at radius 2 is 2.44 bits per heavy atom. The highest BCUT2D eigenvalue weighted by Crippen LogP contribution is 2.25. The van der Waals surface area contributed by atoms with Crippen molar-refractivity contribution in [1.82, 2.24) is 10.1 Å². The van der Waals surface area contributed by atoms with Crippen LogP contribution in [-0.2, 0) is 13.0 Å². The lowest BCUT2D eigenvalue weighted by molar-refractivity contribution is 0.0697. The number of aromatic carboxylic acids is 1. The van der Waals surface area contributed by atoms with E-state index in [1.54, 1.807) is 11.4 Å². The van der Waals surface area contributed by atoms with Crippen LogP contribution in [0.25, 0.3) is 0 Å². The smallest absolute Gasteiger partial charge is 0.349 e. The van der Waals surface area contributed by atoms with Crippen LogP contribution in [0.4, 0.5) is 0 Å². The summed E-state index contributed by atoms with van der Waals surface area (Å²) in [4.78, 5) is 15.2. The van der Waals surface area contributed by atoms with Gasteiger partial charge in [-0.2, -0.15) is 4.98 Å². The minimum Gasteiger partial charge on any atom is -0.484 e. The van der Waals surface area contributed by atoms with Crippen LogP contribution < -0.4 is 4.74 Å². The van der Waals surface area contributed by atoms with Gasteiger partial charge in [0.2, 0.25) is 11.7 Å². The van der Waals surface area contributed by atoms with Crippen molar-refractivity contribution in [2.24, 2.45) is 0 Å². The van der Waals surface area contributed by atoms with Gasteiger partial charge in [-0.05, 0) is 17.9 Å². The Balaban J connectivity index is 1.98. The summed E-state index contributed by atoms with van der Waals surface area (Å²) in [6, 6.07) is 1.61. The number of nitrogens with zero attached hydrogens (tertiary/aromatic N) is 2. The number of hydrogen-bond donors (Lipinski definition) is 1. The number of ether oxygens (including phenoxy) is 1. The van der Waals surface area contributed by atoms with E-state index < -0.39 is 5.97 Å². The molecule has 0 fully saturated rings. The molecule has 0 saturated heterocycles. The molecule has 2 aromatic heterocycles. The lowest BCUT2D eigenvalue weighted by Crippen LogP contribution is -2.01. The van der Waals surface area contributed by atoms with Crippen molar-refractivity contribution >= 4 is 17.3 Å². The van der Waals surface area contributed by atoms with Gasteiger partial charge in [0.15, 0.2) is 11.5 Å². The molecule has 6 nitrogen and oxygen atoms in total. The molecule has 0 saturated carbocycles. The maximum absolute atomic E-state index is 10.9. The van der Waals surface area contributed by atoms with Crippen molar-refractivity contribution in [1.29, 1.82) is 0 Å². The van der Waals surface area contributed by atoms with Gasteiger partial charge in [-0.15, -0.1) is 11.3 Å². The lowest BCUT2D eigenvalue weighted by atomic mass is 10.3. The van der Waals surface area contributed by atoms with Crippen LogP contribution in [0.1, 0.15) is 34.7 Å². The lowest BCUT2D eigenvalue weighted by Gasteiger charge is -2.01. The number of carboxylic acids is 1. The number of hydrogen-bond acceptors (Lipinski definition) is 6. The normalized spacial score (nSPS) is 10.5. The van der Waals surface area contributed by atoms with Crippen LogP contribution in [0.2, 0.25) is 0 Å². The second-order valence-electron chi connectivity index (χ2n) is 3.56. The summed E-state index contributed by atoms with van der Waals surface area (Å²) in [6.45, 7) is 2.12. The maximum Gasteiger partial charge on any atom is 0.349 e. The van der Waals surface area contributed by atoms with Gasteiger partial charge in [-0.3, -0.25) is 0 Å². The first kappa shape index (κ1) is 12.6. The molecule has 0 aliphatic carbocycles. The Morgan fingerprint density at radius 3 is 3.17 bits per heavy atom. The molecule has 0 bridgehead atoms. The van der Waals surface area contributed by atoms with Crippen molar-refractivity contribution in [2.75, 3.05) is 0 Å². The number of carbonyl (C=O) groups is 1. The van der Waals surface area contributed by atoms with Crippen LogP contribution in [-0.4, -0.2) is 21.2 Å². The molecule has 96 valence electrons. The first-order valence-corrected chi connectivity index (χ1v) is 6.33.